The Balaban J connectivity index is 4.50. The van der Waals surface area contributed by atoms with Gasteiger partial charge in [0.2, 0.25) is 12.0 Å². The van der Waals surface area contributed by atoms with Crippen LogP contribution in [-0.4, -0.2) is 52.8 Å². The summed E-state index contributed by atoms with van der Waals surface area (Å²) in [6, 6.07) is 0. The third-order valence-corrected chi connectivity index (χ3v) is 2.04. The first kappa shape index (κ1) is 18.3. The molecule has 0 aromatic heterocycles. The van der Waals surface area contributed by atoms with Crippen LogP contribution in [0.1, 0.15) is 27.2 Å². The molecule has 0 saturated heterocycles. The maximum Gasteiger partial charge on any atom is 0.354 e. The number of hydrogen-bond acceptors (Lipinski definition) is 9. The minimum absolute atomic E-state index is 0.0960. The third kappa shape index (κ3) is 6.45. The molecular weight excluding hydrogens is 274 g/mol. The quantitative estimate of drug-likeness (QED) is 0.287. The lowest BCUT2D eigenvalue weighted by molar-refractivity contribution is -0.193. The van der Waals surface area contributed by atoms with Crippen molar-refractivity contribution in [2.45, 2.75) is 45.3 Å². The van der Waals surface area contributed by atoms with Crippen molar-refractivity contribution in [3.05, 3.63) is 0 Å². The Morgan fingerprint density at radius 3 is 2.30 bits per heavy atom. The van der Waals surface area contributed by atoms with Gasteiger partial charge < -0.3 is 24.4 Å². The lowest BCUT2D eigenvalue weighted by Gasteiger charge is -2.24. The number of ether oxygens (including phenoxy) is 3. The maximum atomic E-state index is 11.5. The normalized spacial score (nSPS) is 16.5. The fraction of sp³-hybridized carbons (Fsp3) is 0.727. The van der Waals surface area contributed by atoms with E-state index in [1.807, 2.05) is 0 Å². The molecule has 20 heavy (non-hydrogen) atoms. The van der Waals surface area contributed by atoms with Gasteiger partial charge in [0.05, 0.1) is 13.0 Å². The molecule has 9 nitrogen and oxygen atoms in total. The van der Waals surface area contributed by atoms with Crippen molar-refractivity contribution < 1.29 is 38.8 Å². The number of hydrogen-bond donors (Lipinski definition) is 3. The second kappa shape index (κ2) is 7.78. The predicted molar refractivity (Wildman–Crippen MR) is 63.7 cm³/mol. The summed E-state index contributed by atoms with van der Waals surface area (Å²) in [7, 11) is 0. The van der Waals surface area contributed by atoms with E-state index >= 15 is 0 Å². The van der Waals surface area contributed by atoms with Gasteiger partial charge in [0.15, 0.2) is 6.10 Å². The topological polar surface area (TPSA) is 145 Å². The van der Waals surface area contributed by atoms with Crippen molar-refractivity contribution in [1.29, 1.82) is 0 Å². The van der Waals surface area contributed by atoms with Gasteiger partial charge in [0, 0.05) is 6.92 Å². The van der Waals surface area contributed by atoms with Gasteiger partial charge in [0.1, 0.15) is 0 Å². The molecule has 3 atom stereocenters. The smallest absolute Gasteiger partial charge is 0.354 e. The Hall–Kier alpha value is -1.71. The van der Waals surface area contributed by atoms with Crippen LogP contribution in [0.2, 0.25) is 0 Å². The summed E-state index contributed by atoms with van der Waals surface area (Å²) in [6.45, 7) is 3.92. The number of aliphatic hydroxyl groups excluding tert-OH is 1. The third-order valence-electron chi connectivity index (χ3n) is 2.04. The maximum absolute atomic E-state index is 11.5. The van der Waals surface area contributed by atoms with E-state index in [-0.39, 0.29) is 6.61 Å². The molecule has 0 fully saturated rings. The minimum atomic E-state index is -2.62. The molecule has 0 radical (unpaired) electrons. The van der Waals surface area contributed by atoms with Crippen LogP contribution in [0.3, 0.4) is 0 Å². The van der Waals surface area contributed by atoms with E-state index in [4.69, 9.17) is 5.73 Å². The molecular formula is C11H19NO8. The summed E-state index contributed by atoms with van der Waals surface area (Å²) in [6.07, 6.45) is -3.86. The highest BCUT2D eigenvalue weighted by Crippen LogP contribution is 2.12. The number of carbonyl (C=O) groups is 3. The SMILES string of the molecule is CCOC(=O)C(C)OC(=O)C(N)(O)CC(O)OC(C)=O. The Labute approximate surface area is 115 Å². The van der Waals surface area contributed by atoms with E-state index in [0.717, 1.165) is 6.92 Å². The van der Waals surface area contributed by atoms with Gasteiger partial charge >= 0.3 is 17.9 Å². The molecule has 0 heterocycles. The summed E-state index contributed by atoms with van der Waals surface area (Å²) < 4.78 is 13.5. The number of esters is 3. The Kier molecular flexibility index (Phi) is 7.11. The van der Waals surface area contributed by atoms with E-state index in [1.165, 1.54) is 6.92 Å². The van der Waals surface area contributed by atoms with Crippen molar-refractivity contribution in [2.24, 2.45) is 5.73 Å². The molecule has 0 saturated carbocycles. The highest BCUT2D eigenvalue weighted by molar-refractivity contribution is 5.83. The van der Waals surface area contributed by atoms with Gasteiger partial charge in [-0.25, -0.2) is 9.59 Å². The fourth-order valence-electron chi connectivity index (χ4n) is 1.15. The average molecular weight is 293 g/mol. The standard InChI is InChI=1S/C11H19NO8/c1-4-18-9(15)6(2)19-10(16)11(12,17)5-8(14)20-7(3)13/h6,8,14,17H,4-5,12H2,1-3H3. The second-order valence-electron chi connectivity index (χ2n) is 3.99. The first-order chi connectivity index (χ1) is 9.10. The molecule has 0 aromatic rings. The van der Waals surface area contributed by atoms with Crippen molar-refractivity contribution in [1.82, 2.24) is 0 Å². The van der Waals surface area contributed by atoms with E-state index in [0.29, 0.717) is 0 Å². The van der Waals surface area contributed by atoms with Gasteiger partial charge in [-0.1, -0.05) is 0 Å². The predicted octanol–water partition coefficient (Wildman–Crippen LogP) is -1.60. The largest absolute Gasteiger partial charge is 0.463 e. The van der Waals surface area contributed by atoms with Crippen molar-refractivity contribution in [2.75, 3.05) is 6.61 Å². The van der Waals surface area contributed by atoms with Gasteiger partial charge in [-0.15, -0.1) is 0 Å². The van der Waals surface area contributed by atoms with E-state index in [2.05, 4.69) is 14.2 Å². The molecule has 0 aliphatic carbocycles. The van der Waals surface area contributed by atoms with Gasteiger partial charge in [-0.2, -0.15) is 0 Å². The Bertz CT molecular complexity index is 367. The zero-order chi connectivity index (χ0) is 15.9. The molecule has 0 spiro atoms. The van der Waals surface area contributed by atoms with Crippen LogP contribution in [0.15, 0.2) is 0 Å². The minimum Gasteiger partial charge on any atom is -0.463 e. The van der Waals surface area contributed by atoms with Crippen LogP contribution in [0, 0.1) is 0 Å². The Morgan fingerprint density at radius 2 is 1.85 bits per heavy atom. The monoisotopic (exact) mass is 293 g/mol. The lowest BCUT2D eigenvalue weighted by atomic mass is 10.1. The number of carbonyl (C=O) groups excluding carboxylic acids is 3. The summed E-state index contributed by atoms with van der Waals surface area (Å²) in [4.78, 5) is 33.3. The fourth-order valence-corrected chi connectivity index (χ4v) is 1.15. The Morgan fingerprint density at radius 1 is 1.30 bits per heavy atom. The van der Waals surface area contributed by atoms with Crippen LogP contribution < -0.4 is 5.73 Å². The highest BCUT2D eigenvalue weighted by Gasteiger charge is 2.38. The van der Waals surface area contributed by atoms with Crippen LogP contribution in [0.25, 0.3) is 0 Å². The van der Waals surface area contributed by atoms with Crippen LogP contribution in [-0.2, 0) is 28.6 Å². The number of aliphatic hydroxyl groups is 2. The molecule has 0 aromatic carbocycles. The van der Waals surface area contributed by atoms with Crippen molar-refractivity contribution in [3.8, 4) is 0 Å². The molecule has 4 N–H and O–H groups in total. The van der Waals surface area contributed by atoms with Gasteiger partial charge in [-0.3, -0.25) is 10.5 Å². The molecule has 0 rings (SSSR count). The van der Waals surface area contributed by atoms with Crippen LogP contribution in [0.5, 0.6) is 0 Å². The second-order valence-corrected chi connectivity index (χ2v) is 3.99. The molecule has 9 heteroatoms. The van der Waals surface area contributed by atoms with E-state index < -0.39 is 42.4 Å². The molecule has 3 unspecified atom stereocenters. The van der Waals surface area contributed by atoms with E-state index in [1.54, 1.807) is 6.92 Å². The highest BCUT2D eigenvalue weighted by atomic mass is 16.6. The average Bonchev–Trinajstić information content (AvgIpc) is 2.26. The molecule has 0 aliphatic rings. The first-order valence-electron chi connectivity index (χ1n) is 5.84. The number of rotatable bonds is 7. The van der Waals surface area contributed by atoms with Crippen LogP contribution in [0.4, 0.5) is 0 Å². The van der Waals surface area contributed by atoms with E-state index in [9.17, 15) is 24.6 Å². The summed E-state index contributed by atoms with van der Waals surface area (Å²) >= 11 is 0. The lowest BCUT2D eigenvalue weighted by Crippen LogP contribution is -2.53. The molecule has 0 bridgehead atoms. The summed E-state index contributed by atoms with van der Waals surface area (Å²) in [5, 5.41) is 18.9. The molecule has 116 valence electrons. The zero-order valence-corrected chi connectivity index (χ0v) is 11.5. The molecule has 0 aliphatic heterocycles. The first-order valence-corrected chi connectivity index (χ1v) is 5.84. The van der Waals surface area contributed by atoms with Crippen molar-refractivity contribution >= 4 is 17.9 Å². The zero-order valence-electron chi connectivity index (χ0n) is 11.5. The summed E-state index contributed by atoms with van der Waals surface area (Å²) in [5.41, 5.74) is 2.62. The van der Waals surface area contributed by atoms with Gasteiger partial charge in [0.25, 0.3) is 0 Å². The number of nitrogens with two attached hydrogens (primary N) is 1. The molecule has 0 amide bonds. The van der Waals surface area contributed by atoms with Crippen LogP contribution >= 0.6 is 0 Å². The van der Waals surface area contributed by atoms with Gasteiger partial charge in [-0.05, 0) is 13.8 Å². The van der Waals surface area contributed by atoms with Crippen molar-refractivity contribution in [3.63, 3.8) is 0 Å². The summed E-state index contributed by atoms with van der Waals surface area (Å²) in [5.74, 6) is -2.98.